The molecule has 0 unspecified atom stereocenters. The highest BCUT2D eigenvalue weighted by molar-refractivity contribution is 5.96. The number of nitrogen functional groups attached to an aromatic ring is 1. The standard InChI is InChI=1S/C11H14N2O4/c1-2-16-11(14)8-3-4-13-10(9(8)12)17-7-5-15-6-7/h3-4,7H,2,5-6,12H2,1H3. The molecule has 92 valence electrons. The average molecular weight is 238 g/mol. The second kappa shape index (κ2) is 5.01. The van der Waals surface area contributed by atoms with Crippen LogP contribution in [0.2, 0.25) is 0 Å². The summed E-state index contributed by atoms with van der Waals surface area (Å²) in [4.78, 5) is 15.6. The van der Waals surface area contributed by atoms with Crippen LogP contribution in [0, 0.1) is 0 Å². The van der Waals surface area contributed by atoms with Crippen LogP contribution in [-0.2, 0) is 9.47 Å². The second-order valence-electron chi connectivity index (χ2n) is 3.58. The van der Waals surface area contributed by atoms with E-state index >= 15 is 0 Å². The first kappa shape index (κ1) is 11.7. The minimum Gasteiger partial charge on any atom is -0.468 e. The van der Waals surface area contributed by atoms with Gasteiger partial charge in [-0.1, -0.05) is 0 Å². The normalized spacial score (nSPS) is 15.1. The molecule has 1 aliphatic rings. The maximum atomic E-state index is 11.6. The molecule has 1 saturated heterocycles. The maximum Gasteiger partial charge on any atom is 0.340 e. The van der Waals surface area contributed by atoms with Gasteiger partial charge in [-0.05, 0) is 13.0 Å². The summed E-state index contributed by atoms with van der Waals surface area (Å²) in [7, 11) is 0. The van der Waals surface area contributed by atoms with Crippen LogP contribution < -0.4 is 10.5 Å². The third kappa shape index (κ3) is 2.47. The smallest absolute Gasteiger partial charge is 0.340 e. The van der Waals surface area contributed by atoms with E-state index in [0.717, 1.165) is 0 Å². The van der Waals surface area contributed by atoms with Crippen molar-refractivity contribution in [1.82, 2.24) is 4.98 Å². The molecule has 1 aromatic rings. The number of carbonyl (C=O) groups excluding carboxylic acids is 1. The number of rotatable bonds is 4. The van der Waals surface area contributed by atoms with Gasteiger partial charge in [0.2, 0.25) is 5.88 Å². The van der Waals surface area contributed by atoms with Gasteiger partial charge >= 0.3 is 5.97 Å². The van der Waals surface area contributed by atoms with E-state index in [2.05, 4.69) is 4.98 Å². The predicted octanol–water partition coefficient (Wildman–Crippen LogP) is 0.618. The number of carbonyl (C=O) groups is 1. The number of pyridine rings is 1. The van der Waals surface area contributed by atoms with Crippen LogP contribution in [0.5, 0.6) is 5.88 Å². The summed E-state index contributed by atoms with van der Waals surface area (Å²) in [6.45, 7) is 3.07. The fourth-order valence-corrected chi connectivity index (χ4v) is 1.37. The van der Waals surface area contributed by atoms with E-state index < -0.39 is 5.97 Å². The molecule has 2 heterocycles. The topological polar surface area (TPSA) is 83.7 Å². The zero-order valence-electron chi connectivity index (χ0n) is 9.51. The predicted molar refractivity (Wildman–Crippen MR) is 59.8 cm³/mol. The highest BCUT2D eigenvalue weighted by Crippen LogP contribution is 2.25. The largest absolute Gasteiger partial charge is 0.468 e. The number of hydrogen-bond acceptors (Lipinski definition) is 6. The van der Waals surface area contributed by atoms with E-state index in [1.807, 2.05) is 0 Å². The summed E-state index contributed by atoms with van der Waals surface area (Å²) in [5, 5.41) is 0. The van der Waals surface area contributed by atoms with Gasteiger partial charge in [-0.2, -0.15) is 0 Å². The molecule has 1 aliphatic heterocycles. The van der Waals surface area contributed by atoms with E-state index in [4.69, 9.17) is 19.9 Å². The van der Waals surface area contributed by atoms with Gasteiger partial charge in [-0.3, -0.25) is 0 Å². The lowest BCUT2D eigenvalue weighted by molar-refractivity contribution is -0.0810. The van der Waals surface area contributed by atoms with Gasteiger partial charge in [0.15, 0.2) is 0 Å². The van der Waals surface area contributed by atoms with Crippen LogP contribution in [0.1, 0.15) is 17.3 Å². The zero-order valence-corrected chi connectivity index (χ0v) is 9.51. The Labute approximate surface area is 98.7 Å². The first-order valence-electron chi connectivity index (χ1n) is 5.38. The Kier molecular flexibility index (Phi) is 3.43. The fourth-order valence-electron chi connectivity index (χ4n) is 1.37. The molecule has 0 aliphatic carbocycles. The van der Waals surface area contributed by atoms with Crippen molar-refractivity contribution in [3.05, 3.63) is 17.8 Å². The lowest BCUT2D eigenvalue weighted by Gasteiger charge is -2.26. The monoisotopic (exact) mass is 238 g/mol. The van der Waals surface area contributed by atoms with Crippen LogP contribution in [-0.4, -0.2) is 36.9 Å². The summed E-state index contributed by atoms with van der Waals surface area (Å²) >= 11 is 0. The van der Waals surface area contributed by atoms with Crippen molar-refractivity contribution in [2.75, 3.05) is 25.6 Å². The maximum absolute atomic E-state index is 11.6. The van der Waals surface area contributed by atoms with Crippen LogP contribution in [0.3, 0.4) is 0 Å². The Morgan fingerprint density at radius 1 is 1.65 bits per heavy atom. The van der Waals surface area contributed by atoms with Gasteiger partial charge in [0.25, 0.3) is 0 Å². The van der Waals surface area contributed by atoms with Crippen molar-refractivity contribution < 1.29 is 19.0 Å². The van der Waals surface area contributed by atoms with E-state index in [1.165, 1.54) is 12.3 Å². The number of nitrogens with two attached hydrogens (primary N) is 1. The van der Waals surface area contributed by atoms with Crippen molar-refractivity contribution >= 4 is 11.7 Å². The molecule has 0 radical (unpaired) electrons. The van der Waals surface area contributed by atoms with E-state index in [-0.39, 0.29) is 23.2 Å². The van der Waals surface area contributed by atoms with Gasteiger partial charge in [-0.15, -0.1) is 0 Å². The molecule has 0 saturated carbocycles. The highest BCUT2D eigenvalue weighted by atomic mass is 16.6. The summed E-state index contributed by atoms with van der Waals surface area (Å²) in [6.07, 6.45) is 1.43. The van der Waals surface area contributed by atoms with Crippen molar-refractivity contribution in [3.8, 4) is 5.88 Å². The van der Waals surface area contributed by atoms with Crippen LogP contribution >= 0.6 is 0 Å². The summed E-state index contributed by atoms with van der Waals surface area (Å²) < 4.78 is 15.3. The number of hydrogen-bond donors (Lipinski definition) is 1. The fraction of sp³-hybridized carbons (Fsp3) is 0.455. The number of aromatic nitrogens is 1. The van der Waals surface area contributed by atoms with Gasteiger partial charge in [0.1, 0.15) is 11.8 Å². The quantitative estimate of drug-likeness (QED) is 0.774. The highest BCUT2D eigenvalue weighted by Gasteiger charge is 2.23. The molecule has 0 spiro atoms. The van der Waals surface area contributed by atoms with Crippen molar-refractivity contribution in [2.45, 2.75) is 13.0 Å². The Morgan fingerprint density at radius 2 is 2.41 bits per heavy atom. The van der Waals surface area contributed by atoms with Crippen LogP contribution in [0.25, 0.3) is 0 Å². The Hall–Kier alpha value is -1.82. The molecule has 1 aromatic heterocycles. The molecule has 0 amide bonds. The summed E-state index contributed by atoms with van der Waals surface area (Å²) in [5.41, 5.74) is 6.29. The molecule has 0 bridgehead atoms. The van der Waals surface area contributed by atoms with Crippen molar-refractivity contribution in [3.63, 3.8) is 0 Å². The SMILES string of the molecule is CCOC(=O)c1ccnc(OC2COC2)c1N. The number of esters is 1. The summed E-state index contributed by atoms with van der Waals surface area (Å²) in [6, 6.07) is 1.51. The minimum atomic E-state index is -0.470. The molecule has 6 heteroatoms. The molecule has 2 N–H and O–H groups in total. The Morgan fingerprint density at radius 3 is 3.00 bits per heavy atom. The number of nitrogens with zero attached hydrogens (tertiary/aromatic N) is 1. The Bertz CT molecular complexity index is 418. The number of ether oxygens (including phenoxy) is 3. The zero-order chi connectivity index (χ0) is 12.3. The van der Waals surface area contributed by atoms with Gasteiger partial charge in [-0.25, -0.2) is 9.78 Å². The minimum absolute atomic E-state index is 0.0396. The van der Waals surface area contributed by atoms with Crippen LogP contribution in [0.4, 0.5) is 5.69 Å². The second-order valence-corrected chi connectivity index (χ2v) is 3.58. The van der Waals surface area contributed by atoms with E-state index in [0.29, 0.717) is 19.8 Å². The molecule has 0 aromatic carbocycles. The van der Waals surface area contributed by atoms with Crippen LogP contribution in [0.15, 0.2) is 12.3 Å². The third-order valence-electron chi connectivity index (χ3n) is 2.33. The van der Waals surface area contributed by atoms with Gasteiger partial charge in [0.05, 0.1) is 25.4 Å². The molecule has 17 heavy (non-hydrogen) atoms. The Balaban J connectivity index is 2.16. The third-order valence-corrected chi connectivity index (χ3v) is 2.33. The lowest BCUT2D eigenvalue weighted by Crippen LogP contribution is -2.39. The molecule has 2 rings (SSSR count). The molecule has 6 nitrogen and oxygen atoms in total. The first-order valence-corrected chi connectivity index (χ1v) is 5.38. The summed E-state index contributed by atoms with van der Waals surface area (Å²) in [5.74, 6) is -0.217. The molecule has 0 atom stereocenters. The van der Waals surface area contributed by atoms with E-state index in [9.17, 15) is 4.79 Å². The van der Waals surface area contributed by atoms with Crippen molar-refractivity contribution in [1.29, 1.82) is 0 Å². The van der Waals surface area contributed by atoms with Gasteiger partial charge in [0, 0.05) is 6.20 Å². The average Bonchev–Trinajstić information content (AvgIpc) is 2.25. The van der Waals surface area contributed by atoms with Crippen molar-refractivity contribution in [2.24, 2.45) is 0 Å². The van der Waals surface area contributed by atoms with Gasteiger partial charge < -0.3 is 19.9 Å². The molecule has 1 fully saturated rings. The number of anilines is 1. The first-order chi connectivity index (χ1) is 8.22. The van der Waals surface area contributed by atoms with E-state index in [1.54, 1.807) is 6.92 Å². The molecular weight excluding hydrogens is 224 g/mol. The molecular formula is C11H14N2O4. The lowest BCUT2D eigenvalue weighted by atomic mass is 10.2.